The number of carbonyl (C=O) groups is 2. The summed E-state index contributed by atoms with van der Waals surface area (Å²) in [7, 11) is 0. The van der Waals surface area contributed by atoms with Gasteiger partial charge in [0.25, 0.3) is 0 Å². The predicted octanol–water partition coefficient (Wildman–Crippen LogP) is 7.96. The highest BCUT2D eigenvalue weighted by molar-refractivity contribution is 6.15. The lowest BCUT2D eigenvalue weighted by molar-refractivity contribution is 0.0469. The normalized spacial score (nSPS) is 11.0. The summed E-state index contributed by atoms with van der Waals surface area (Å²) < 4.78 is 11.1. The number of benzene rings is 6. The zero-order valence-electron chi connectivity index (χ0n) is 22.7. The van der Waals surface area contributed by atoms with Crippen LogP contribution in [-0.4, -0.2) is 22.2 Å². The van der Waals surface area contributed by atoms with Crippen molar-refractivity contribution in [3.63, 3.8) is 0 Å². The molecule has 2 N–H and O–H groups in total. The van der Waals surface area contributed by atoms with Gasteiger partial charge in [-0.3, -0.25) is 0 Å². The summed E-state index contributed by atoms with van der Waals surface area (Å²) in [5, 5.41) is 25.8. The Labute approximate surface area is 242 Å². The smallest absolute Gasteiger partial charge is 0.347 e. The molecule has 6 heteroatoms. The fourth-order valence-electron chi connectivity index (χ4n) is 5.05. The molecule has 0 aliphatic carbocycles. The average molecular weight is 555 g/mol. The first kappa shape index (κ1) is 26.6. The van der Waals surface area contributed by atoms with Gasteiger partial charge in [0.1, 0.15) is 35.0 Å². The topological polar surface area (TPSA) is 93.1 Å². The first-order valence-corrected chi connectivity index (χ1v) is 13.4. The van der Waals surface area contributed by atoms with Crippen molar-refractivity contribution < 1.29 is 29.3 Å². The van der Waals surface area contributed by atoms with E-state index >= 15 is 0 Å². The fourth-order valence-corrected chi connectivity index (χ4v) is 5.05. The SMILES string of the molecule is Cc1ccc(COC(=O)c2cc3ccccc3c(-c3c(O)c(C(=O)Oc4ccccc4)cc4ccccc34)c2O)cc1. The molecule has 0 amide bonds. The second kappa shape index (κ2) is 11.1. The summed E-state index contributed by atoms with van der Waals surface area (Å²) in [4.78, 5) is 26.6. The largest absolute Gasteiger partial charge is 0.506 e. The minimum absolute atomic E-state index is 0.0235. The zero-order chi connectivity index (χ0) is 29.2. The molecule has 0 aliphatic heterocycles. The maximum absolute atomic E-state index is 13.3. The lowest BCUT2D eigenvalue weighted by Crippen LogP contribution is -2.10. The number of fused-ring (bicyclic) bond motifs is 2. The number of carbonyl (C=O) groups excluding carboxylic acids is 2. The van der Waals surface area contributed by atoms with Crippen molar-refractivity contribution in [1.29, 1.82) is 0 Å². The van der Waals surface area contributed by atoms with Gasteiger partial charge < -0.3 is 19.7 Å². The summed E-state index contributed by atoms with van der Waals surface area (Å²) in [5.41, 5.74) is 2.17. The Balaban J connectivity index is 1.51. The lowest BCUT2D eigenvalue weighted by Gasteiger charge is -2.18. The van der Waals surface area contributed by atoms with E-state index in [-0.39, 0.29) is 40.4 Å². The Hall–Kier alpha value is -5.62. The van der Waals surface area contributed by atoms with Gasteiger partial charge in [-0.1, -0.05) is 96.6 Å². The summed E-state index contributed by atoms with van der Waals surface area (Å²) in [5.74, 6) is -1.90. The van der Waals surface area contributed by atoms with Gasteiger partial charge in [0, 0.05) is 11.1 Å². The van der Waals surface area contributed by atoms with E-state index < -0.39 is 11.9 Å². The van der Waals surface area contributed by atoms with Crippen LogP contribution in [0.15, 0.2) is 115 Å². The van der Waals surface area contributed by atoms with Crippen LogP contribution in [0.2, 0.25) is 0 Å². The number of phenolic OH excluding ortho intramolecular Hbond substituents is 2. The Morgan fingerprint density at radius 1 is 0.619 bits per heavy atom. The van der Waals surface area contributed by atoms with E-state index in [4.69, 9.17) is 9.47 Å². The molecule has 0 spiro atoms. The molecule has 0 atom stereocenters. The number of esters is 2. The van der Waals surface area contributed by atoms with Crippen LogP contribution in [0, 0.1) is 6.92 Å². The molecule has 0 unspecified atom stereocenters. The van der Waals surface area contributed by atoms with Gasteiger partial charge in [-0.2, -0.15) is 0 Å². The summed E-state index contributed by atoms with van der Waals surface area (Å²) >= 11 is 0. The third kappa shape index (κ3) is 5.02. The maximum atomic E-state index is 13.3. The molecule has 0 saturated carbocycles. The molecule has 0 aromatic heterocycles. The Morgan fingerprint density at radius 2 is 1.12 bits per heavy atom. The first-order valence-electron chi connectivity index (χ1n) is 13.4. The third-order valence-electron chi connectivity index (χ3n) is 7.18. The summed E-state index contributed by atoms with van der Waals surface area (Å²) in [6, 6.07) is 33.7. The molecule has 42 heavy (non-hydrogen) atoms. The van der Waals surface area contributed by atoms with Crippen molar-refractivity contribution in [1.82, 2.24) is 0 Å². The monoisotopic (exact) mass is 554 g/mol. The molecule has 206 valence electrons. The molecule has 0 saturated heterocycles. The molecule has 6 aromatic carbocycles. The van der Waals surface area contributed by atoms with Crippen LogP contribution in [0.3, 0.4) is 0 Å². The second-order valence-corrected chi connectivity index (χ2v) is 10.0. The molecule has 0 aliphatic rings. The van der Waals surface area contributed by atoms with Gasteiger partial charge in [-0.25, -0.2) is 9.59 Å². The number of aromatic hydroxyl groups is 2. The number of rotatable bonds is 6. The first-order chi connectivity index (χ1) is 20.4. The van der Waals surface area contributed by atoms with Crippen molar-refractivity contribution >= 4 is 33.5 Å². The van der Waals surface area contributed by atoms with Crippen LogP contribution in [0.4, 0.5) is 0 Å². The molecular weight excluding hydrogens is 528 g/mol. The molecule has 6 nitrogen and oxygen atoms in total. The predicted molar refractivity (Wildman–Crippen MR) is 162 cm³/mol. The van der Waals surface area contributed by atoms with E-state index in [9.17, 15) is 19.8 Å². The van der Waals surface area contributed by atoms with Crippen molar-refractivity contribution in [3.05, 3.63) is 138 Å². The quantitative estimate of drug-likeness (QED) is 0.160. The Morgan fingerprint density at radius 3 is 1.69 bits per heavy atom. The average Bonchev–Trinajstić information content (AvgIpc) is 3.01. The molecule has 0 heterocycles. The summed E-state index contributed by atoms with van der Waals surface area (Å²) in [6.45, 7) is 2.00. The molecule has 0 radical (unpaired) electrons. The van der Waals surface area contributed by atoms with Gasteiger partial charge in [0.05, 0.1) is 0 Å². The highest BCUT2D eigenvalue weighted by atomic mass is 16.5. The number of aryl methyl sites for hydroxylation is 1. The second-order valence-electron chi connectivity index (χ2n) is 10.0. The van der Waals surface area contributed by atoms with Gasteiger partial charge in [-0.15, -0.1) is 0 Å². The lowest BCUT2D eigenvalue weighted by atomic mass is 9.89. The van der Waals surface area contributed by atoms with Crippen LogP contribution in [0.5, 0.6) is 17.2 Å². The maximum Gasteiger partial charge on any atom is 0.347 e. The van der Waals surface area contributed by atoms with Crippen LogP contribution in [0.25, 0.3) is 32.7 Å². The molecule has 6 rings (SSSR count). The van der Waals surface area contributed by atoms with Crippen LogP contribution in [-0.2, 0) is 11.3 Å². The van der Waals surface area contributed by atoms with E-state index in [1.165, 1.54) is 0 Å². The minimum Gasteiger partial charge on any atom is -0.506 e. The van der Waals surface area contributed by atoms with Crippen LogP contribution < -0.4 is 4.74 Å². The number of hydrogen-bond donors (Lipinski definition) is 2. The summed E-state index contributed by atoms with van der Waals surface area (Å²) in [6.07, 6.45) is 0. The molecule has 6 aromatic rings. The Bertz CT molecular complexity index is 1960. The fraction of sp³-hybridized carbons (Fsp3) is 0.0556. The number of ether oxygens (including phenoxy) is 2. The van der Waals surface area contributed by atoms with Gasteiger partial charge in [0.15, 0.2) is 0 Å². The van der Waals surface area contributed by atoms with E-state index in [0.717, 1.165) is 11.1 Å². The van der Waals surface area contributed by atoms with E-state index in [1.54, 1.807) is 72.8 Å². The minimum atomic E-state index is -0.761. The number of phenols is 2. The van der Waals surface area contributed by atoms with Crippen molar-refractivity contribution in [3.8, 4) is 28.4 Å². The molecule has 0 bridgehead atoms. The zero-order valence-corrected chi connectivity index (χ0v) is 22.7. The Kier molecular flexibility index (Phi) is 7.03. The molecular formula is C36H26O6. The van der Waals surface area contributed by atoms with E-state index in [2.05, 4.69) is 0 Å². The highest BCUT2D eigenvalue weighted by Crippen LogP contribution is 2.47. The van der Waals surface area contributed by atoms with Gasteiger partial charge in [-0.05, 0) is 58.3 Å². The van der Waals surface area contributed by atoms with E-state index in [1.807, 2.05) is 49.4 Å². The highest BCUT2D eigenvalue weighted by Gasteiger charge is 2.27. The van der Waals surface area contributed by atoms with Crippen LogP contribution >= 0.6 is 0 Å². The van der Waals surface area contributed by atoms with Gasteiger partial charge in [0.2, 0.25) is 0 Å². The van der Waals surface area contributed by atoms with Crippen molar-refractivity contribution in [2.75, 3.05) is 0 Å². The third-order valence-corrected chi connectivity index (χ3v) is 7.18. The number of para-hydroxylation sites is 1. The van der Waals surface area contributed by atoms with E-state index in [0.29, 0.717) is 27.3 Å². The standard InChI is InChI=1S/C36H26O6/c1-22-15-17-23(18-16-22)21-41-35(39)29-19-24-9-5-7-13-27(24)31(33(29)37)32-28-14-8-6-10-25(28)20-30(34(32)38)36(40)42-26-11-3-2-4-12-26/h2-20,37-38H,21H2,1H3. The number of hydrogen-bond acceptors (Lipinski definition) is 6. The van der Waals surface area contributed by atoms with Crippen molar-refractivity contribution in [2.24, 2.45) is 0 Å². The van der Waals surface area contributed by atoms with Gasteiger partial charge >= 0.3 is 11.9 Å². The van der Waals surface area contributed by atoms with Crippen LogP contribution in [0.1, 0.15) is 31.8 Å². The molecule has 0 fully saturated rings. The van der Waals surface area contributed by atoms with Crippen molar-refractivity contribution in [2.45, 2.75) is 13.5 Å².